The van der Waals surface area contributed by atoms with Crippen LogP contribution in [-0.2, 0) is 6.42 Å². The van der Waals surface area contributed by atoms with Crippen molar-refractivity contribution in [3.8, 4) is 11.1 Å². The predicted molar refractivity (Wildman–Crippen MR) is 66.0 cm³/mol. The zero-order valence-electron chi connectivity index (χ0n) is 9.54. The van der Waals surface area contributed by atoms with Gasteiger partial charge in [-0.2, -0.15) is 0 Å². The van der Waals surface area contributed by atoms with Crippen LogP contribution in [0.1, 0.15) is 5.56 Å². The van der Waals surface area contributed by atoms with Gasteiger partial charge in [-0.05, 0) is 11.1 Å². The second-order valence-electron chi connectivity index (χ2n) is 3.79. The number of halogens is 1. The highest BCUT2D eigenvalue weighted by Gasteiger charge is 2.14. The minimum Gasteiger partial charge on any atom is -0.264 e. The second-order valence-corrected chi connectivity index (χ2v) is 3.79. The van der Waals surface area contributed by atoms with E-state index in [0.717, 1.165) is 5.56 Å². The van der Waals surface area contributed by atoms with Gasteiger partial charge in [0.1, 0.15) is 0 Å². The molecule has 5 heteroatoms. The SMILES string of the molecule is O=[N+]([O-])c1ccncc1-c1ccc(CCF)cc1. The lowest BCUT2D eigenvalue weighted by atomic mass is 10.0. The molecule has 0 aliphatic heterocycles. The molecule has 0 saturated heterocycles. The highest BCUT2D eigenvalue weighted by Crippen LogP contribution is 2.28. The zero-order chi connectivity index (χ0) is 13.0. The van der Waals surface area contributed by atoms with E-state index in [2.05, 4.69) is 4.98 Å². The summed E-state index contributed by atoms with van der Waals surface area (Å²) in [7, 11) is 0. The minimum atomic E-state index is -0.438. The van der Waals surface area contributed by atoms with Crippen molar-refractivity contribution in [2.75, 3.05) is 6.67 Å². The summed E-state index contributed by atoms with van der Waals surface area (Å²) in [6.45, 7) is -0.410. The second kappa shape index (κ2) is 5.35. The van der Waals surface area contributed by atoms with Crippen molar-refractivity contribution in [2.45, 2.75) is 6.42 Å². The van der Waals surface area contributed by atoms with Gasteiger partial charge in [0, 0.05) is 24.9 Å². The number of pyridine rings is 1. The molecule has 2 aromatic rings. The molecule has 4 nitrogen and oxygen atoms in total. The van der Waals surface area contributed by atoms with E-state index in [-0.39, 0.29) is 5.69 Å². The maximum atomic E-state index is 12.2. The van der Waals surface area contributed by atoms with E-state index in [1.165, 1.54) is 18.5 Å². The van der Waals surface area contributed by atoms with Gasteiger partial charge in [-0.15, -0.1) is 0 Å². The van der Waals surface area contributed by atoms with E-state index in [1.54, 1.807) is 24.3 Å². The topological polar surface area (TPSA) is 56.0 Å². The lowest BCUT2D eigenvalue weighted by molar-refractivity contribution is -0.384. The molecule has 0 aliphatic rings. The third kappa shape index (κ3) is 2.51. The fraction of sp³-hybridized carbons (Fsp3) is 0.154. The summed E-state index contributed by atoms with van der Waals surface area (Å²) in [5, 5.41) is 10.9. The standard InChI is InChI=1S/C13H11FN2O2/c14-7-5-10-1-3-11(4-2-10)12-9-15-8-6-13(12)16(17)18/h1-4,6,8-9H,5,7H2. The van der Waals surface area contributed by atoms with E-state index < -0.39 is 11.6 Å². The van der Waals surface area contributed by atoms with E-state index in [0.29, 0.717) is 17.5 Å². The minimum absolute atomic E-state index is 0.0169. The van der Waals surface area contributed by atoms with Crippen LogP contribution in [0, 0.1) is 10.1 Å². The molecule has 0 saturated carbocycles. The van der Waals surface area contributed by atoms with Crippen molar-refractivity contribution in [1.82, 2.24) is 4.98 Å². The van der Waals surface area contributed by atoms with Crippen molar-refractivity contribution in [1.29, 1.82) is 0 Å². The van der Waals surface area contributed by atoms with Crippen molar-refractivity contribution in [3.63, 3.8) is 0 Å². The Hall–Kier alpha value is -2.30. The fourth-order valence-electron chi connectivity index (χ4n) is 1.73. The quantitative estimate of drug-likeness (QED) is 0.615. The van der Waals surface area contributed by atoms with E-state index in [1.807, 2.05) is 0 Å². The Kier molecular flexibility index (Phi) is 3.62. The van der Waals surface area contributed by atoms with Crippen LogP contribution in [0.4, 0.5) is 10.1 Å². The largest absolute Gasteiger partial charge is 0.280 e. The Labute approximate surface area is 103 Å². The molecule has 92 valence electrons. The number of nitrogens with zero attached hydrogens (tertiary/aromatic N) is 2. The van der Waals surface area contributed by atoms with Gasteiger partial charge in [0.05, 0.1) is 17.2 Å². The number of alkyl halides is 1. The van der Waals surface area contributed by atoms with Crippen LogP contribution in [-0.4, -0.2) is 16.6 Å². The average Bonchev–Trinajstić information content (AvgIpc) is 2.40. The summed E-state index contributed by atoms with van der Waals surface area (Å²) < 4.78 is 12.2. The third-order valence-corrected chi connectivity index (χ3v) is 2.64. The Bertz CT molecular complexity index is 555. The first kappa shape index (κ1) is 12.2. The molecule has 1 aromatic heterocycles. The van der Waals surface area contributed by atoms with Gasteiger partial charge in [0.2, 0.25) is 0 Å². The van der Waals surface area contributed by atoms with Crippen LogP contribution < -0.4 is 0 Å². The summed E-state index contributed by atoms with van der Waals surface area (Å²) in [5.41, 5.74) is 2.06. The van der Waals surface area contributed by atoms with Gasteiger partial charge in [-0.3, -0.25) is 19.5 Å². The number of rotatable bonds is 4. The highest BCUT2D eigenvalue weighted by molar-refractivity contribution is 5.72. The molecular weight excluding hydrogens is 235 g/mol. The van der Waals surface area contributed by atoms with Crippen LogP contribution in [0.15, 0.2) is 42.7 Å². The number of hydrogen-bond acceptors (Lipinski definition) is 3. The molecule has 0 unspecified atom stereocenters. The number of aryl methyl sites for hydroxylation is 1. The smallest absolute Gasteiger partial charge is 0.264 e. The van der Waals surface area contributed by atoms with Gasteiger partial charge in [0.25, 0.3) is 5.69 Å². The van der Waals surface area contributed by atoms with Gasteiger partial charge in [-0.1, -0.05) is 24.3 Å². The van der Waals surface area contributed by atoms with Crippen LogP contribution in [0.2, 0.25) is 0 Å². The Morgan fingerprint density at radius 3 is 2.56 bits per heavy atom. The maximum absolute atomic E-state index is 12.2. The Balaban J connectivity index is 2.39. The molecule has 0 bridgehead atoms. The molecule has 0 aliphatic carbocycles. The summed E-state index contributed by atoms with van der Waals surface area (Å²) in [6, 6.07) is 8.39. The number of hydrogen-bond donors (Lipinski definition) is 0. The summed E-state index contributed by atoms with van der Waals surface area (Å²) in [4.78, 5) is 14.4. The molecule has 1 aromatic carbocycles. The lowest BCUT2D eigenvalue weighted by Crippen LogP contribution is -1.93. The number of aromatic nitrogens is 1. The van der Waals surface area contributed by atoms with Crippen molar-refractivity contribution >= 4 is 5.69 Å². The molecule has 1 heterocycles. The van der Waals surface area contributed by atoms with Gasteiger partial charge in [0.15, 0.2) is 0 Å². The van der Waals surface area contributed by atoms with Gasteiger partial charge in [-0.25, -0.2) is 0 Å². The first-order valence-corrected chi connectivity index (χ1v) is 5.46. The first-order valence-electron chi connectivity index (χ1n) is 5.46. The van der Waals surface area contributed by atoms with E-state index in [4.69, 9.17) is 0 Å². The Morgan fingerprint density at radius 2 is 1.94 bits per heavy atom. The molecule has 0 radical (unpaired) electrons. The van der Waals surface area contributed by atoms with Crippen molar-refractivity contribution < 1.29 is 9.31 Å². The number of nitro groups is 1. The maximum Gasteiger partial charge on any atom is 0.280 e. The zero-order valence-corrected chi connectivity index (χ0v) is 9.54. The molecular formula is C13H11FN2O2. The van der Waals surface area contributed by atoms with Crippen LogP contribution >= 0.6 is 0 Å². The summed E-state index contributed by atoms with van der Waals surface area (Å²) >= 11 is 0. The Morgan fingerprint density at radius 1 is 1.22 bits per heavy atom. The fourth-order valence-corrected chi connectivity index (χ4v) is 1.73. The van der Waals surface area contributed by atoms with Gasteiger partial charge >= 0.3 is 0 Å². The van der Waals surface area contributed by atoms with Crippen LogP contribution in [0.3, 0.4) is 0 Å². The van der Waals surface area contributed by atoms with Crippen LogP contribution in [0.5, 0.6) is 0 Å². The molecule has 0 amide bonds. The van der Waals surface area contributed by atoms with E-state index in [9.17, 15) is 14.5 Å². The monoisotopic (exact) mass is 246 g/mol. The average molecular weight is 246 g/mol. The van der Waals surface area contributed by atoms with E-state index >= 15 is 0 Å². The molecule has 18 heavy (non-hydrogen) atoms. The van der Waals surface area contributed by atoms with Crippen molar-refractivity contribution in [3.05, 3.63) is 58.4 Å². The molecule has 2 rings (SSSR count). The highest BCUT2D eigenvalue weighted by atomic mass is 19.1. The normalized spacial score (nSPS) is 10.3. The molecule has 0 fully saturated rings. The van der Waals surface area contributed by atoms with Crippen LogP contribution in [0.25, 0.3) is 11.1 Å². The third-order valence-electron chi connectivity index (χ3n) is 2.64. The molecule has 0 N–H and O–H groups in total. The lowest BCUT2D eigenvalue weighted by Gasteiger charge is -2.03. The summed E-state index contributed by atoms with van der Waals surface area (Å²) in [5.74, 6) is 0. The first-order chi connectivity index (χ1) is 8.72. The number of benzene rings is 1. The van der Waals surface area contributed by atoms with Crippen molar-refractivity contribution in [2.24, 2.45) is 0 Å². The molecule has 0 atom stereocenters. The predicted octanol–water partition coefficient (Wildman–Crippen LogP) is 3.17. The van der Waals surface area contributed by atoms with Gasteiger partial charge < -0.3 is 0 Å². The summed E-state index contributed by atoms with van der Waals surface area (Å²) in [6.07, 6.45) is 3.21. The molecule has 0 spiro atoms.